The molecule has 2 aliphatic rings. The lowest BCUT2D eigenvalue weighted by Crippen LogP contribution is -2.38. The van der Waals surface area contributed by atoms with E-state index in [9.17, 15) is 14.4 Å². The molecular weight excluding hydrogens is 412 g/mol. The first-order valence-electron chi connectivity index (χ1n) is 10.6. The maximum atomic E-state index is 12.6. The van der Waals surface area contributed by atoms with Crippen molar-refractivity contribution in [2.75, 3.05) is 32.7 Å². The van der Waals surface area contributed by atoms with Gasteiger partial charge in [-0.1, -0.05) is 0 Å². The number of nitrogens with one attached hydrogen (secondary N) is 1. The summed E-state index contributed by atoms with van der Waals surface area (Å²) in [5.41, 5.74) is 3.05. The highest BCUT2D eigenvalue weighted by atomic mass is 16.5. The fourth-order valence-corrected chi connectivity index (χ4v) is 3.68. The minimum atomic E-state index is -0.581. The summed E-state index contributed by atoms with van der Waals surface area (Å²) in [7, 11) is 3.16. The van der Waals surface area contributed by atoms with Crippen molar-refractivity contribution in [2.45, 2.75) is 25.8 Å². The van der Waals surface area contributed by atoms with Gasteiger partial charge >= 0.3 is 5.97 Å². The molecule has 1 aliphatic carbocycles. The van der Waals surface area contributed by atoms with Gasteiger partial charge in [-0.05, 0) is 66.8 Å². The molecule has 8 heteroatoms. The van der Waals surface area contributed by atoms with E-state index < -0.39 is 5.97 Å². The van der Waals surface area contributed by atoms with Crippen LogP contribution in [0, 0.1) is 5.92 Å². The molecule has 2 aromatic carbocycles. The van der Waals surface area contributed by atoms with Gasteiger partial charge in [0, 0.05) is 24.7 Å². The van der Waals surface area contributed by atoms with Crippen LogP contribution in [-0.4, -0.2) is 50.1 Å². The molecule has 1 fully saturated rings. The van der Waals surface area contributed by atoms with Crippen LogP contribution in [0.1, 0.15) is 34.3 Å². The molecule has 0 radical (unpaired) electrons. The van der Waals surface area contributed by atoms with E-state index >= 15 is 0 Å². The van der Waals surface area contributed by atoms with Crippen LogP contribution in [0.4, 0.5) is 5.69 Å². The number of benzene rings is 2. The molecule has 8 nitrogen and oxygen atoms in total. The number of fused-ring (bicyclic) bond motifs is 1. The lowest BCUT2D eigenvalue weighted by molar-refractivity contribution is -0.135. The molecule has 1 aliphatic heterocycles. The second-order valence-corrected chi connectivity index (χ2v) is 7.96. The third-order valence-corrected chi connectivity index (χ3v) is 5.73. The second-order valence-electron chi connectivity index (χ2n) is 7.96. The molecule has 0 bridgehead atoms. The number of methoxy groups -OCH3 is 2. The fraction of sp³-hybridized carbons (Fsp3) is 0.375. The molecule has 1 N–H and O–H groups in total. The van der Waals surface area contributed by atoms with Crippen molar-refractivity contribution < 1.29 is 28.6 Å². The normalized spacial score (nSPS) is 14.9. The molecule has 1 heterocycles. The third kappa shape index (κ3) is 4.85. The molecule has 1 saturated carbocycles. The van der Waals surface area contributed by atoms with Gasteiger partial charge in [0.15, 0.2) is 18.1 Å². The Bertz CT molecular complexity index is 1030. The van der Waals surface area contributed by atoms with Crippen LogP contribution in [0.2, 0.25) is 0 Å². The molecule has 32 heavy (non-hydrogen) atoms. The summed E-state index contributed by atoms with van der Waals surface area (Å²) in [5, 5.41) is 2.82. The summed E-state index contributed by atoms with van der Waals surface area (Å²) in [4.78, 5) is 38.4. The number of nitrogens with zero attached hydrogens (tertiary/aromatic N) is 1. The Hall–Kier alpha value is -3.55. The van der Waals surface area contributed by atoms with E-state index in [1.54, 1.807) is 43.4 Å². The fourth-order valence-electron chi connectivity index (χ4n) is 3.68. The Morgan fingerprint density at radius 1 is 1.00 bits per heavy atom. The predicted octanol–water partition coefficient (Wildman–Crippen LogP) is 2.79. The van der Waals surface area contributed by atoms with E-state index in [1.807, 2.05) is 12.1 Å². The first kappa shape index (κ1) is 21.7. The van der Waals surface area contributed by atoms with Gasteiger partial charge in [-0.15, -0.1) is 0 Å². The van der Waals surface area contributed by atoms with Crippen molar-refractivity contribution in [3.63, 3.8) is 0 Å². The minimum absolute atomic E-state index is 0.00471. The maximum absolute atomic E-state index is 12.6. The summed E-state index contributed by atoms with van der Waals surface area (Å²) < 4.78 is 15.9. The van der Waals surface area contributed by atoms with Gasteiger partial charge < -0.3 is 24.4 Å². The van der Waals surface area contributed by atoms with E-state index in [1.165, 1.54) is 0 Å². The number of ether oxygens (including phenoxy) is 3. The van der Waals surface area contributed by atoms with Crippen molar-refractivity contribution >= 4 is 23.5 Å². The van der Waals surface area contributed by atoms with Crippen molar-refractivity contribution in [3.8, 4) is 11.5 Å². The van der Waals surface area contributed by atoms with Gasteiger partial charge in [0.2, 0.25) is 5.91 Å². The van der Waals surface area contributed by atoms with Crippen LogP contribution in [0.25, 0.3) is 0 Å². The molecule has 0 unspecified atom stereocenters. The van der Waals surface area contributed by atoms with E-state index in [2.05, 4.69) is 5.32 Å². The van der Waals surface area contributed by atoms with Gasteiger partial charge in [0.1, 0.15) is 0 Å². The number of carbonyl (C=O) groups excluding carboxylic acids is 3. The summed E-state index contributed by atoms with van der Waals surface area (Å²) >= 11 is 0. The standard InChI is InChI=1S/C24H26N2O6/c1-30-20-11-17-9-10-26(13-18(17)12-21(20)31-2)22(27)14-32-24(29)16-5-7-19(8-6-16)25-23(28)15-3-4-15/h5-8,11-12,15H,3-4,9-10,13-14H2,1-2H3,(H,25,28). The highest BCUT2D eigenvalue weighted by Gasteiger charge is 2.29. The number of anilines is 1. The highest BCUT2D eigenvalue weighted by molar-refractivity contribution is 5.95. The van der Waals surface area contributed by atoms with Crippen LogP contribution in [0.15, 0.2) is 36.4 Å². The Balaban J connectivity index is 1.31. The number of esters is 1. The first-order valence-corrected chi connectivity index (χ1v) is 10.6. The van der Waals surface area contributed by atoms with Gasteiger partial charge in [-0.25, -0.2) is 4.79 Å². The Morgan fingerprint density at radius 3 is 2.28 bits per heavy atom. The van der Waals surface area contributed by atoms with E-state index in [-0.39, 0.29) is 24.3 Å². The number of hydrogen-bond acceptors (Lipinski definition) is 6. The topological polar surface area (TPSA) is 94.2 Å². The summed E-state index contributed by atoms with van der Waals surface area (Å²) in [6, 6.07) is 10.3. The Kier molecular flexibility index (Phi) is 6.30. The van der Waals surface area contributed by atoms with Crippen molar-refractivity contribution in [1.82, 2.24) is 4.90 Å². The minimum Gasteiger partial charge on any atom is -0.493 e. The number of amides is 2. The average molecular weight is 438 g/mol. The zero-order chi connectivity index (χ0) is 22.7. The van der Waals surface area contributed by atoms with Gasteiger partial charge in [-0.2, -0.15) is 0 Å². The zero-order valence-electron chi connectivity index (χ0n) is 18.2. The quantitative estimate of drug-likeness (QED) is 0.668. The number of rotatable bonds is 7. The van der Waals surface area contributed by atoms with Crippen molar-refractivity contribution in [2.24, 2.45) is 5.92 Å². The highest BCUT2D eigenvalue weighted by Crippen LogP contribution is 2.33. The van der Waals surface area contributed by atoms with E-state index in [0.717, 1.165) is 24.0 Å². The van der Waals surface area contributed by atoms with Gasteiger partial charge in [0.25, 0.3) is 5.91 Å². The largest absolute Gasteiger partial charge is 0.493 e. The van der Waals surface area contributed by atoms with Crippen LogP contribution in [0.5, 0.6) is 11.5 Å². The van der Waals surface area contributed by atoms with Crippen LogP contribution >= 0.6 is 0 Å². The third-order valence-electron chi connectivity index (χ3n) is 5.73. The maximum Gasteiger partial charge on any atom is 0.338 e. The summed E-state index contributed by atoms with van der Waals surface area (Å²) in [5.74, 6) is 0.553. The molecule has 0 spiro atoms. The van der Waals surface area contributed by atoms with Gasteiger partial charge in [-0.3, -0.25) is 9.59 Å². The monoisotopic (exact) mass is 438 g/mol. The van der Waals surface area contributed by atoms with Crippen LogP contribution in [-0.2, 0) is 27.3 Å². The van der Waals surface area contributed by atoms with Crippen molar-refractivity contribution in [1.29, 1.82) is 0 Å². The molecule has 0 saturated heterocycles. The molecule has 168 valence electrons. The summed E-state index contributed by atoms with van der Waals surface area (Å²) in [6.07, 6.45) is 2.53. The number of carbonyl (C=O) groups is 3. The first-order chi connectivity index (χ1) is 15.5. The predicted molar refractivity (Wildman–Crippen MR) is 117 cm³/mol. The van der Waals surface area contributed by atoms with Crippen LogP contribution in [0.3, 0.4) is 0 Å². The number of hydrogen-bond donors (Lipinski definition) is 1. The molecule has 2 amide bonds. The molecule has 2 aromatic rings. The molecule has 4 rings (SSSR count). The Labute approximate surface area is 186 Å². The average Bonchev–Trinajstić information content (AvgIpc) is 3.67. The smallest absolute Gasteiger partial charge is 0.338 e. The van der Waals surface area contributed by atoms with Crippen molar-refractivity contribution in [3.05, 3.63) is 53.1 Å². The van der Waals surface area contributed by atoms with Gasteiger partial charge in [0.05, 0.1) is 19.8 Å². The lowest BCUT2D eigenvalue weighted by Gasteiger charge is -2.29. The molecular formula is C24H26N2O6. The Morgan fingerprint density at radius 2 is 1.66 bits per heavy atom. The second kappa shape index (κ2) is 9.30. The lowest BCUT2D eigenvalue weighted by atomic mass is 9.99. The molecule has 0 aromatic heterocycles. The zero-order valence-corrected chi connectivity index (χ0v) is 18.2. The SMILES string of the molecule is COc1cc2c(cc1OC)CN(C(=O)COC(=O)c1ccc(NC(=O)C3CC3)cc1)CC2. The van der Waals surface area contributed by atoms with E-state index in [0.29, 0.717) is 42.3 Å². The molecule has 0 atom stereocenters. The van der Waals surface area contributed by atoms with E-state index in [4.69, 9.17) is 14.2 Å². The van der Waals surface area contributed by atoms with Crippen LogP contribution < -0.4 is 14.8 Å². The summed E-state index contributed by atoms with van der Waals surface area (Å²) in [6.45, 7) is 0.622.